The maximum absolute atomic E-state index is 13.2. The van der Waals surface area contributed by atoms with E-state index in [1.807, 2.05) is 19.3 Å². The number of hydrogen-bond donors (Lipinski definition) is 0. The Morgan fingerprint density at radius 3 is 3.00 bits per heavy atom. The zero-order valence-corrected chi connectivity index (χ0v) is 12.5. The molecule has 21 heavy (non-hydrogen) atoms. The van der Waals surface area contributed by atoms with Crippen LogP contribution in [0.3, 0.4) is 0 Å². The van der Waals surface area contributed by atoms with E-state index >= 15 is 0 Å². The molecule has 0 spiro atoms. The van der Waals surface area contributed by atoms with Crippen molar-refractivity contribution >= 4 is 26.7 Å². The van der Waals surface area contributed by atoms with Gasteiger partial charge in [-0.05, 0) is 25.1 Å². The number of nitrogens with zero attached hydrogens (tertiary/aromatic N) is 4. The average Bonchev–Trinajstić information content (AvgIpc) is 2.99. The second kappa shape index (κ2) is 4.80. The largest absolute Gasteiger partial charge is 0.347 e. The van der Waals surface area contributed by atoms with Crippen molar-refractivity contribution in [1.29, 1.82) is 0 Å². The fourth-order valence-corrected chi connectivity index (χ4v) is 3.75. The number of thiazole rings is 1. The lowest BCUT2D eigenvalue weighted by atomic mass is 10.0. The first-order valence-corrected chi connectivity index (χ1v) is 7.79. The predicted octanol–water partition coefficient (Wildman–Crippen LogP) is 3.08. The van der Waals surface area contributed by atoms with Gasteiger partial charge in [-0.3, -0.25) is 0 Å². The van der Waals surface area contributed by atoms with E-state index in [1.165, 1.54) is 6.07 Å². The highest BCUT2D eigenvalue weighted by Gasteiger charge is 2.29. The van der Waals surface area contributed by atoms with Crippen molar-refractivity contribution < 1.29 is 4.39 Å². The number of aromatic nitrogens is 3. The fourth-order valence-electron chi connectivity index (χ4n) is 2.74. The molecule has 1 aromatic carbocycles. The van der Waals surface area contributed by atoms with Crippen molar-refractivity contribution in [3.63, 3.8) is 0 Å². The van der Waals surface area contributed by atoms with Crippen molar-refractivity contribution in [2.24, 2.45) is 5.92 Å². The Morgan fingerprint density at radius 1 is 1.38 bits per heavy atom. The molecule has 0 radical (unpaired) electrons. The highest BCUT2D eigenvalue weighted by molar-refractivity contribution is 7.22. The quantitative estimate of drug-likeness (QED) is 0.745. The molecule has 108 valence electrons. The highest BCUT2D eigenvalue weighted by atomic mass is 32.1. The predicted molar refractivity (Wildman–Crippen MR) is 82.2 cm³/mol. The van der Waals surface area contributed by atoms with Crippen LogP contribution in [0.2, 0.25) is 0 Å². The van der Waals surface area contributed by atoms with Gasteiger partial charge in [0, 0.05) is 37.9 Å². The van der Waals surface area contributed by atoms with Crippen LogP contribution in [0.5, 0.6) is 0 Å². The Bertz CT molecular complexity index is 788. The zero-order chi connectivity index (χ0) is 14.4. The molecule has 6 heteroatoms. The van der Waals surface area contributed by atoms with E-state index in [1.54, 1.807) is 23.5 Å². The Kier molecular flexibility index (Phi) is 2.92. The SMILES string of the molecule is Cc1nccn1CC1CN(c2nc3ccc(F)cc3s2)C1. The molecular formula is C15H15FN4S. The van der Waals surface area contributed by atoms with Gasteiger partial charge in [0.05, 0.1) is 10.2 Å². The van der Waals surface area contributed by atoms with Crippen LogP contribution in [0.4, 0.5) is 9.52 Å². The molecule has 1 saturated heterocycles. The smallest absolute Gasteiger partial charge is 0.186 e. The number of benzene rings is 1. The average molecular weight is 302 g/mol. The molecule has 0 N–H and O–H groups in total. The summed E-state index contributed by atoms with van der Waals surface area (Å²) in [6.07, 6.45) is 3.87. The molecule has 0 aliphatic carbocycles. The van der Waals surface area contributed by atoms with Crippen LogP contribution in [-0.4, -0.2) is 27.6 Å². The topological polar surface area (TPSA) is 34.0 Å². The number of imidazole rings is 1. The summed E-state index contributed by atoms with van der Waals surface area (Å²) in [6.45, 7) is 5.03. The molecule has 4 rings (SSSR count). The van der Waals surface area contributed by atoms with E-state index in [4.69, 9.17) is 0 Å². The van der Waals surface area contributed by atoms with Gasteiger partial charge >= 0.3 is 0 Å². The van der Waals surface area contributed by atoms with Crippen molar-refractivity contribution in [3.8, 4) is 0 Å². The maximum Gasteiger partial charge on any atom is 0.186 e. The molecule has 0 amide bonds. The first-order chi connectivity index (χ1) is 10.2. The van der Waals surface area contributed by atoms with E-state index < -0.39 is 0 Å². The lowest BCUT2D eigenvalue weighted by Crippen LogP contribution is -2.48. The Balaban J connectivity index is 1.45. The molecule has 3 heterocycles. The molecule has 0 atom stereocenters. The van der Waals surface area contributed by atoms with Crippen LogP contribution in [0.25, 0.3) is 10.2 Å². The normalized spacial score (nSPS) is 15.6. The summed E-state index contributed by atoms with van der Waals surface area (Å²) >= 11 is 1.56. The number of rotatable bonds is 3. The van der Waals surface area contributed by atoms with Crippen LogP contribution in [0.15, 0.2) is 30.6 Å². The lowest BCUT2D eigenvalue weighted by molar-refractivity contribution is 0.354. The van der Waals surface area contributed by atoms with E-state index in [0.717, 1.165) is 40.8 Å². The zero-order valence-electron chi connectivity index (χ0n) is 11.7. The Hall–Kier alpha value is -1.95. The van der Waals surface area contributed by atoms with Gasteiger partial charge in [-0.15, -0.1) is 0 Å². The maximum atomic E-state index is 13.2. The van der Waals surface area contributed by atoms with Crippen molar-refractivity contribution in [2.45, 2.75) is 13.5 Å². The summed E-state index contributed by atoms with van der Waals surface area (Å²) in [5, 5.41) is 0.995. The van der Waals surface area contributed by atoms with Crippen LogP contribution in [0.1, 0.15) is 5.82 Å². The summed E-state index contributed by atoms with van der Waals surface area (Å²) in [6, 6.07) is 4.77. The first-order valence-electron chi connectivity index (χ1n) is 6.98. The third-order valence-corrected chi connectivity index (χ3v) is 5.02. The van der Waals surface area contributed by atoms with Crippen LogP contribution in [-0.2, 0) is 6.54 Å². The van der Waals surface area contributed by atoms with Crippen molar-refractivity contribution in [1.82, 2.24) is 14.5 Å². The van der Waals surface area contributed by atoms with Gasteiger partial charge in [-0.25, -0.2) is 14.4 Å². The van der Waals surface area contributed by atoms with Gasteiger partial charge in [-0.2, -0.15) is 0 Å². The standard InChI is InChI=1S/C15H15FN4S/c1-10-17-4-5-19(10)7-11-8-20(9-11)15-18-13-3-2-12(16)6-14(13)21-15/h2-6,11H,7-9H2,1H3. The van der Waals surface area contributed by atoms with Gasteiger partial charge in [0.1, 0.15) is 11.6 Å². The Labute approximate surface area is 125 Å². The lowest BCUT2D eigenvalue weighted by Gasteiger charge is -2.39. The van der Waals surface area contributed by atoms with E-state index in [0.29, 0.717) is 5.92 Å². The molecule has 0 saturated carbocycles. The first kappa shape index (κ1) is 12.8. The number of hydrogen-bond acceptors (Lipinski definition) is 4. The van der Waals surface area contributed by atoms with E-state index in [-0.39, 0.29) is 5.82 Å². The summed E-state index contributed by atoms with van der Waals surface area (Å²) in [7, 11) is 0. The molecule has 4 nitrogen and oxygen atoms in total. The van der Waals surface area contributed by atoms with Crippen LogP contribution < -0.4 is 4.90 Å². The molecule has 0 unspecified atom stereocenters. The fraction of sp³-hybridized carbons (Fsp3) is 0.333. The third kappa shape index (κ3) is 2.29. The van der Waals surface area contributed by atoms with Gasteiger partial charge in [0.15, 0.2) is 5.13 Å². The van der Waals surface area contributed by atoms with Crippen LogP contribution >= 0.6 is 11.3 Å². The monoisotopic (exact) mass is 302 g/mol. The minimum Gasteiger partial charge on any atom is -0.347 e. The molecule has 1 aliphatic heterocycles. The minimum atomic E-state index is -0.199. The van der Waals surface area contributed by atoms with Crippen molar-refractivity contribution in [2.75, 3.05) is 18.0 Å². The van der Waals surface area contributed by atoms with Gasteiger partial charge in [-0.1, -0.05) is 11.3 Å². The van der Waals surface area contributed by atoms with Gasteiger partial charge < -0.3 is 9.47 Å². The molecule has 2 aromatic heterocycles. The summed E-state index contributed by atoms with van der Waals surface area (Å²) in [5.41, 5.74) is 0.880. The second-order valence-corrected chi connectivity index (χ2v) is 6.52. The van der Waals surface area contributed by atoms with E-state index in [2.05, 4.69) is 19.4 Å². The van der Waals surface area contributed by atoms with Crippen LogP contribution in [0, 0.1) is 18.7 Å². The molecular weight excluding hydrogens is 287 g/mol. The summed E-state index contributed by atoms with van der Waals surface area (Å²) in [4.78, 5) is 11.1. The molecule has 3 aromatic rings. The molecule has 0 bridgehead atoms. The molecule has 1 aliphatic rings. The minimum absolute atomic E-state index is 0.199. The number of aryl methyl sites for hydroxylation is 1. The summed E-state index contributed by atoms with van der Waals surface area (Å²) in [5.74, 6) is 1.49. The highest BCUT2D eigenvalue weighted by Crippen LogP contribution is 2.33. The summed E-state index contributed by atoms with van der Waals surface area (Å²) < 4.78 is 16.3. The van der Waals surface area contributed by atoms with E-state index in [9.17, 15) is 4.39 Å². The Morgan fingerprint density at radius 2 is 2.24 bits per heavy atom. The van der Waals surface area contributed by atoms with Gasteiger partial charge in [0.2, 0.25) is 0 Å². The van der Waals surface area contributed by atoms with Gasteiger partial charge in [0.25, 0.3) is 0 Å². The number of anilines is 1. The molecule has 1 fully saturated rings. The number of fused-ring (bicyclic) bond motifs is 1. The third-order valence-electron chi connectivity index (χ3n) is 3.95. The number of halogens is 1. The van der Waals surface area contributed by atoms with Crippen molar-refractivity contribution in [3.05, 3.63) is 42.2 Å². The second-order valence-electron chi connectivity index (χ2n) is 5.51.